The Kier molecular flexibility index (Phi) is 30.1. The number of nitrogen functional groups attached to an aromatic ring is 1. The van der Waals surface area contributed by atoms with Crippen molar-refractivity contribution in [1.29, 1.82) is 0 Å². The highest BCUT2D eigenvalue weighted by atomic mass is 32.1. The van der Waals surface area contributed by atoms with Crippen LogP contribution in [0.1, 0.15) is 78.6 Å². The second kappa shape index (κ2) is 44.8. The number of carboxylic acid groups (broad SMARTS) is 2. The van der Waals surface area contributed by atoms with Crippen LogP contribution in [0.4, 0.5) is 35.0 Å². The molecule has 750 valence electrons. The number of nitrogens with two attached hydrogens (primary N) is 1. The Bertz CT molecular complexity index is 7940. The molecule has 5 aliphatic rings. The van der Waals surface area contributed by atoms with Gasteiger partial charge in [0.05, 0.1) is 142 Å². The molecule has 0 unspecified atom stereocenters. The lowest BCUT2D eigenvalue weighted by atomic mass is 10.2. The molecule has 24 rings (SSSR count). The van der Waals surface area contributed by atoms with E-state index in [9.17, 15) is 29.4 Å². The van der Waals surface area contributed by atoms with E-state index in [-0.39, 0.29) is 29.6 Å². The number of pyridine rings is 5. The van der Waals surface area contributed by atoms with Gasteiger partial charge in [-0.15, -0.1) is 56.7 Å². The van der Waals surface area contributed by atoms with E-state index in [4.69, 9.17) is 73.9 Å². The number of thiophene rings is 5. The van der Waals surface area contributed by atoms with Gasteiger partial charge in [-0.1, -0.05) is 0 Å². The molecule has 24 heterocycles. The van der Waals surface area contributed by atoms with Crippen LogP contribution in [0.3, 0.4) is 0 Å². The van der Waals surface area contributed by atoms with Gasteiger partial charge in [-0.3, -0.25) is 30.3 Å². The highest BCUT2D eigenvalue weighted by Crippen LogP contribution is 2.45. The fourth-order valence-corrected chi connectivity index (χ4v) is 22.4. The van der Waals surface area contributed by atoms with Gasteiger partial charge in [0, 0.05) is 163 Å². The van der Waals surface area contributed by atoms with Crippen molar-refractivity contribution < 1.29 is 62.5 Å². The number of aromatic carboxylic acids is 2. The molecule has 0 spiro atoms. The number of carboxylic acids is 2. The van der Waals surface area contributed by atoms with Crippen molar-refractivity contribution >= 4 is 167 Å². The Labute approximate surface area is 858 Å². The molecule has 147 heavy (non-hydrogen) atoms. The SMILES string of the molecule is CCOC(=O)c1cc(C)n(-c2nc(N3CCOCC3)c3sc(-c4ccncc4)cc3n2)n1.CCOC(=O)c1cc(C)nn1-c1nc(N2CCOCC2)c2sc(-c3ccncc3)cc2n1.Cc1cc(C(=O)O)n(-c2nc(N3CCOCC3)c3sc(-c4ccncc4)cc3n2)n1.Cc1cc(C(=O)O)nn1-c1nc(N2CCOCC2)c2sc(-c3ccncc3)cc2n1.NNc1nc(N2CCOCC2)c2sc(-c3ccncc3)cc2n1. The normalized spacial score (nSPS) is 14.4. The zero-order valence-electron chi connectivity index (χ0n) is 80.3. The lowest BCUT2D eigenvalue weighted by molar-refractivity contribution is 0.0507. The number of aryl methyl sites for hydroxylation is 4. The third kappa shape index (κ3) is 22.0. The summed E-state index contributed by atoms with van der Waals surface area (Å²) in [6, 6.07) is 36.4. The van der Waals surface area contributed by atoms with E-state index in [0.717, 1.165) is 190 Å². The molecule has 0 aromatic carbocycles. The van der Waals surface area contributed by atoms with Crippen molar-refractivity contribution in [3.63, 3.8) is 0 Å². The van der Waals surface area contributed by atoms with Crippen LogP contribution in [0.2, 0.25) is 0 Å². The molecule has 0 amide bonds. The monoisotopic (exact) mass is 2070 g/mol. The number of aromatic nitrogens is 23. The molecule has 19 aromatic heterocycles. The average molecular weight is 2070 g/mol. The van der Waals surface area contributed by atoms with Crippen molar-refractivity contribution in [3.8, 4) is 76.0 Å². The highest BCUT2D eigenvalue weighted by Gasteiger charge is 2.32. The number of hydrogen-bond donors (Lipinski definition) is 4. The molecule has 19 aromatic rings. The minimum atomic E-state index is -1.08. The fourth-order valence-electron chi connectivity index (χ4n) is 16.8. The predicted octanol–water partition coefficient (Wildman–Crippen LogP) is 14.0. The number of hydrogen-bond acceptors (Lipinski definition) is 42. The molecular formula is C99H96N30O13S5. The summed E-state index contributed by atoms with van der Waals surface area (Å²) in [4.78, 5) is 132. The number of nitrogens with zero attached hydrogens (tertiary/aromatic N) is 28. The van der Waals surface area contributed by atoms with Gasteiger partial charge in [-0.25, -0.2) is 59.3 Å². The number of morpholine rings is 5. The molecule has 0 radical (unpaired) electrons. The van der Waals surface area contributed by atoms with Gasteiger partial charge in [-0.2, -0.15) is 54.7 Å². The maximum Gasteiger partial charge on any atom is 0.358 e. The van der Waals surface area contributed by atoms with Crippen molar-refractivity contribution in [3.05, 3.63) is 223 Å². The average Bonchev–Trinajstić information content (AvgIpc) is 1.62. The zero-order chi connectivity index (χ0) is 101. The smallest absolute Gasteiger partial charge is 0.358 e. The standard InChI is InChI=1S/2C22H22N6O3S.2C20H18N6O3S.C15H16N6OS/c1-3-31-21(29)17-12-14(2)28(26-17)22-24-16-13-18(15-4-6-23-7-5-15)32-19(16)20(25-22)27-8-10-30-11-9-27;1-3-31-21(29)17-12-14(2)26-28(17)22-24-16-13-18(15-4-6-23-7-5-15)32-19(16)20(25-22)27-8-10-30-11-9-27;1-12-10-15(19(27)28)24-26(12)20-22-14-11-16(13-2-4-21-5-3-13)30-17(14)18(23-20)25-6-8-29-9-7-25;1-12-10-15(19(27)28)26(24-12)20-22-14-11-16(13-2-4-21-5-3-13)30-17(14)18(23-20)25-6-8-29-9-7-25;16-20-15-18-11-9-12(10-1-3-17-4-2-10)23-13(11)14(19-15)21-5-7-22-8-6-21/h2*4-7,12-13H,3,8-11H2,1-2H3;2*2-5,10-11H,6-9H2,1H3,(H,27,28);1-4,9H,5-8,16H2,(H,18,19,20). The molecular weight excluding hydrogens is 1980 g/mol. The van der Waals surface area contributed by atoms with Gasteiger partial charge in [0.1, 0.15) is 0 Å². The van der Waals surface area contributed by atoms with Gasteiger partial charge >= 0.3 is 23.9 Å². The summed E-state index contributed by atoms with van der Waals surface area (Å²) in [5.74, 6) is 8.43. The molecule has 0 aliphatic carbocycles. The number of nitrogens with one attached hydrogen (secondary N) is 1. The highest BCUT2D eigenvalue weighted by molar-refractivity contribution is 7.24. The molecule has 43 nitrogen and oxygen atoms in total. The van der Waals surface area contributed by atoms with E-state index < -0.39 is 23.9 Å². The van der Waals surface area contributed by atoms with Crippen LogP contribution in [0.15, 0.2) is 177 Å². The number of fused-ring (bicyclic) bond motifs is 5. The van der Waals surface area contributed by atoms with Gasteiger partial charge in [0.25, 0.3) is 23.8 Å². The van der Waals surface area contributed by atoms with E-state index in [1.807, 2.05) is 92.7 Å². The zero-order valence-corrected chi connectivity index (χ0v) is 84.4. The molecule has 5 fully saturated rings. The summed E-state index contributed by atoms with van der Waals surface area (Å²) in [6.07, 6.45) is 17.7. The minimum absolute atomic E-state index is 0.0318. The van der Waals surface area contributed by atoms with Crippen LogP contribution in [0.25, 0.3) is 127 Å². The fraction of sp³-hybridized carbons (Fsp3) is 0.283. The molecule has 0 atom stereocenters. The first kappa shape index (κ1) is 98.6. The van der Waals surface area contributed by atoms with Crippen LogP contribution >= 0.6 is 56.7 Å². The minimum Gasteiger partial charge on any atom is -0.477 e. The number of anilines is 6. The first-order valence-corrected chi connectivity index (χ1v) is 51.2. The van der Waals surface area contributed by atoms with E-state index in [2.05, 4.69) is 102 Å². The number of carbonyl (C=O) groups is 4. The summed E-state index contributed by atoms with van der Waals surface area (Å²) in [5.41, 5.74) is 15.3. The van der Waals surface area contributed by atoms with Crippen LogP contribution in [0, 0.1) is 27.7 Å². The summed E-state index contributed by atoms with van der Waals surface area (Å²) in [6.45, 7) is 25.3. The quantitative estimate of drug-likeness (QED) is 0.0295. The number of ether oxygens (including phenoxy) is 7. The summed E-state index contributed by atoms with van der Waals surface area (Å²) in [5, 5.41) is 36.3. The summed E-state index contributed by atoms with van der Waals surface area (Å²) in [7, 11) is 0. The van der Waals surface area contributed by atoms with Crippen molar-refractivity contribution in [2.75, 3.05) is 175 Å². The predicted molar refractivity (Wildman–Crippen MR) is 559 cm³/mol. The molecule has 5 aliphatic heterocycles. The van der Waals surface area contributed by atoms with E-state index >= 15 is 0 Å². The second-order valence-electron chi connectivity index (χ2n) is 33.6. The Morgan fingerprint density at radius 3 is 0.878 bits per heavy atom. The third-order valence-corrected chi connectivity index (χ3v) is 29.7. The molecule has 5 saturated heterocycles. The van der Waals surface area contributed by atoms with Gasteiger partial charge < -0.3 is 67.9 Å². The van der Waals surface area contributed by atoms with Gasteiger partial charge in [0.2, 0.25) is 5.95 Å². The summed E-state index contributed by atoms with van der Waals surface area (Å²) >= 11 is 8.22. The molecule has 0 saturated carbocycles. The third-order valence-electron chi connectivity index (χ3n) is 23.8. The number of rotatable bonds is 21. The van der Waals surface area contributed by atoms with Crippen molar-refractivity contribution in [2.24, 2.45) is 5.84 Å². The largest absolute Gasteiger partial charge is 0.477 e. The Morgan fingerprint density at radius 1 is 0.327 bits per heavy atom. The van der Waals surface area contributed by atoms with E-state index in [1.165, 1.54) is 26.2 Å². The maximum atomic E-state index is 12.5. The lowest BCUT2D eigenvalue weighted by Gasteiger charge is -2.28. The molecule has 48 heteroatoms. The second-order valence-corrected chi connectivity index (χ2v) is 38.8. The van der Waals surface area contributed by atoms with Crippen molar-refractivity contribution in [2.45, 2.75) is 41.5 Å². The van der Waals surface area contributed by atoms with E-state index in [0.29, 0.717) is 132 Å². The Hall–Kier alpha value is -15.8. The molecule has 0 bridgehead atoms. The first-order valence-electron chi connectivity index (χ1n) is 47.1. The van der Waals surface area contributed by atoms with Crippen LogP contribution in [0.5, 0.6) is 0 Å². The number of carbonyl (C=O) groups excluding carboxylic acids is 2. The maximum absolute atomic E-state index is 12.5. The Balaban J connectivity index is 0.000000112. The van der Waals surface area contributed by atoms with E-state index in [1.54, 1.807) is 163 Å². The van der Waals surface area contributed by atoms with Gasteiger partial charge in [-0.05, 0) is 185 Å². The number of hydrazine groups is 1. The number of esters is 2. The topological polar surface area (TPSA) is 492 Å². The van der Waals surface area contributed by atoms with Crippen molar-refractivity contribution in [1.82, 2.24) is 114 Å². The first-order chi connectivity index (χ1) is 71.8. The Morgan fingerprint density at radius 2 is 0.592 bits per heavy atom. The molecule has 5 N–H and O–H groups in total. The van der Waals surface area contributed by atoms with Gasteiger partial charge in [0.15, 0.2) is 51.9 Å². The summed E-state index contributed by atoms with van der Waals surface area (Å²) < 4.78 is 48.7. The van der Waals surface area contributed by atoms with Crippen LogP contribution < -0.4 is 35.8 Å². The van der Waals surface area contributed by atoms with Crippen LogP contribution in [-0.4, -0.2) is 293 Å². The lowest BCUT2D eigenvalue weighted by Crippen LogP contribution is -2.37. The van der Waals surface area contributed by atoms with Crippen LogP contribution in [-0.2, 0) is 33.2 Å².